The van der Waals surface area contributed by atoms with Crippen LogP contribution in [0.5, 0.6) is 0 Å². The van der Waals surface area contributed by atoms with Crippen molar-refractivity contribution in [2.45, 2.75) is 25.2 Å². The number of anilines is 2. The van der Waals surface area contributed by atoms with Crippen molar-refractivity contribution in [2.75, 3.05) is 35.3 Å². The van der Waals surface area contributed by atoms with Crippen molar-refractivity contribution in [1.82, 2.24) is 20.1 Å². The molecule has 5 rings (SSSR count). The maximum atomic E-state index is 13.3. The maximum Gasteiger partial charge on any atom is 0.416 e. The minimum absolute atomic E-state index is 0.0567. The summed E-state index contributed by atoms with van der Waals surface area (Å²) in [4.78, 5) is 31.9. The molecule has 0 radical (unpaired) electrons. The fourth-order valence-corrected chi connectivity index (χ4v) is 5.21. The summed E-state index contributed by atoms with van der Waals surface area (Å²) in [5, 5.41) is 10.0. The first-order valence-electron chi connectivity index (χ1n) is 11.5. The lowest BCUT2D eigenvalue weighted by Crippen LogP contribution is -2.74. The normalized spacial score (nSPS) is 16.6. The Morgan fingerprint density at radius 2 is 1.82 bits per heavy atom. The summed E-state index contributed by atoms with van der Waals surface area (Å²) in [6, 6.07) is 8.26. The highest BCUT2D eigenvalue weighted by Crippen LogP contribution is 2.38. The number of rotatable bonds is 5. The monoisotopic (exact) mass is 548 g/mol. The molecule has 2 aromatic heterocycles. The zero-order chi connectivity index (χ0) is 27.5. The number of halogens is 3. The van der Waals surface area contributed by atoms with E-state index in [9.17, 15) is 31.2 Å². The molecule has 200 valence electrons. The average Bonchev–Trinajstić information content (AvgIpc) is 3.14. The topological polar surface area (TPSA) is 126 Å². The predicted molar refractivity (Wildman–Crippen MR) is 132 cm³/mol. The van der Waals surface area contributed by atoms with E-state index in [1.54, 1.807) is 18.3 Å². The van der Waals surface area contributed by atoms with Crippen LogP contribution in [0.15, 0.2) is 42.6 Å². The van der Waals surface area contributed by atoms with Crippen LogP contribution in [0.1, 0.15) is 21.6 Å². The maximum absolute atomic E-state index is 13.3. The van der Waals surface area contributed by atoms with E-state index in [1.165, 1.54) is 16.8 Å². The highest BCUT2D eigenvalue weighted by molar-refractivity contribution is 7.91. The number of carbonyl (C=O) groups excluding carboxylic acids is 2. The summed E-state index contributed by atoms with van der Waals surface area (Å²) in [6.45, 7) is 2.74. The van der Waals surface area contributed by atoms with E-state index < -0.39 is 44.7 Å². The number of carbonyl (C=O) groups is 2. The Morgan fingerprint density at radius 3 is 2.39 bits per heavy atom. The van der Waals surface area contributed by atoms with Gasteiger partial charge in [-0.3, -0.25) is 19.3 Å². The number of hydrogen-bond acceptors (Lipinski definition) is 7. The van der Waals surface area contributed by atoms with Crippen molar-refractivity contribution >= 4 is 33.0 Å². The van der Waals surface area contributed by atoms with E-state index in [-0.39, 0.29) is 23.6 Å². The number of hydrogen-bond donors (Lipinski definition) is 2. The SMILES string of the molecule is Cc1ccc(-c2nn3c(c2NC(=O)CS(C)(=O)=O)C(=O)NC2(CN(c4ccc(C(F)(F)F)cc4)C2)C3)nc1. The molecule has 2 N–H and O–H groups in total. The largest absolute Gasteiger partial charge is 0.416 e. The number of aryl methyl sites for hydroxylation is 1. The van der Waals surface area contributed by atoms with Gasteiger partial charge in [0.15, 0.2) is 15.5 Å². The lowest BCUT2D eigenvalue weighted by molar-refractivity contribution is -0.137. The highest BCUT2D eigenvalue weighted by atomic mass is 32.2. The summed E-state index contributed by atoms with van der Waals surface area (Å²) in [7, 11) is -3.62. The van der Waals surface area contributed by atoms with Crippen molar-refractivity contribution < 1.29 is 31.2 Å². The van der Waals surface area contributed by atoms with Gasteiger partial charge in [-0.25, -0.2) is 8.42 Å². The number of aromatic nitrogens is 3. The van der Waals surface area contributed by atoms with Crippen LogP contribution in [0.2, 0.25) is 0 Å². The smallest absolute Gasteiger partial charge is 0.367 e. The number of amides is 2. The molecule has 1 saturated heterocycles. The molecule has 3 aromatic rings. The van der Waals surface area contributed by atoms with Gasteiger partial charge in [-0.2, -0.15) is 18.3 Å². The lowest BCUT2D eigenvalue weighted by Gasteiger charge is -2.53. The van der Waals surface area contributed by atoms with Crippen LogP contribution in [0.25, 0.3) is 11.4 Å². The van der Waals surface area contributed by atoms with Crippen LogP contribution in [0, 0.1) is 6.92 Å². The van der Waals surface area contributed by atoms with Gasteiger partial charge >= 0.3 is 6.18 Å². The van der Waals surface area contributed by atoms with E-state index in [2.05, 4.69) is 20.7 Å². The van der Waals surface area contributed by atoms with E-state index >= 15 is 0 Å². The minimum Gasteiger partial charge on any atom is -0.367 e. The first-order chi connectivity index (χ1) is 17.7. The van der Waals surface area contributed by atoms with Gasteiger partial charge in [-0.1, -0.05) is 6.07 Å². The first kappa shape index (κ1) is 25.7. The van der Waals surface area contributed by atoms with Crippen LogP contribution in [0.3, 0.4) is 0 Å². The molecule has 2 aliphatic heterocycles. The molecule has 0 saturated carbocycles. The fourth-order valence-electron chi connectivity index (χ4n) is 4.66. The zero-order valence-electron chi connectivity index (χ0n) is 20.3. The summed E-state index contributed by atoms with van der Waals surface area (Å²) >= 11 is 0. The Kier molecular flexibility index (Phi) is 5.97. The third kappa shape index (κ3) is 4.95. The van der Waals surface area contributed by atoms with Gasteiger partial charge in [0.25, 0.3) is 5.91 Å². The van der Waals surface area contributed by atoms with Gasteiger partial charge in [0, 0.05) is 31.2 Å². The molecule has 4 heterocycles. The van der Waals surface area contributed by atoms with Crippen molar-refractivity contribution in [2.24, 2.45) is 0 Å². The lowest BCUT2D eigenvalue weighted by atomic mass is 9.87. The molecule has 1 aromatic carbocycles. The number of benzene rings is 1. The van der Waals surface area contributed by atoms with Crippen LogP contribution < -0.4 is 15.5 Å². The number of alkyl halides is 3. The van der Waals surface area contributed by atoms with Crippen LogP contribution in [0.4, 0.5) is 24.5 Å². The quantitative estimate of drug-likeness (QED) is 0.501. The van der Waals surface area contributed by atoms with Crippen LogP contribution in [-0.4, -0.2) is 65.6 Å². The molecule has 14 heteroatoms. The van der Waals surface area contributed by atoms with Gasteiger partial charge in [0.05, 0.1) is 23.3 Å². The first-order valence-corrected chi connectivity index (χ1v) is 13.6. The number of sulfone groups is 1. The van der Waals surface area contributed by atoms with Gasteiger partial charge in [-0.15, -0.1) is 0 Å². The van der Waals surface area contributed by atoms with Crippen molar-refractivity contribution in [1.29, 1.82) is 0 Å². The molecule has 0 unspecified atom stereocenters. The molecular weight excluding hydrogens is 525 g/mol. The third-order valence-electron chi connectivity index (χ3n) is 6.36. The van der Waals surface area contributed by atoms with Crippen LogP contribution >= 0.6 is 0 Å². The second-order valence-electron chi connectivity index (χ2n) is 9.70. The number of pyridine rings is 1. The molecule has 0 aliphatic carbocycles. The van der Waals surface area contributed by atoms with Crippen molar-refractivity contribution in [3.8, 4) is 11.4 Å². The number of nitrogens with zero attached hydrogens (tertiary/aromatic N) is 4. The van der Waals surface area contributed by atoms with E-state index in [4.69, 9.17) is 0 Å². The number of fused-ring (bicyclic) bond motifs is 1. The second kappa shape index (κ2) is 8.82. The molecule has 2 amide bonds. The highest BCUT2D eigenvalue weighted by Gasteiger charge is 2.49. The molecule has 10 nitrogen and oxygen atoms in total. The molecule has 2 aliphatic rings. The zero-order valence-corrected chi connectivity index (χ0v) is 21.2. The second-order valence-corrected chi connectivity index (χ2v) is 11.8. The Balaban J connectivity index is 1.43. The Hall–Kier alpha value is -3.94. The molecular formula is C24H23F3N6O4S. The summed E-state index contributed by atoms with van der Waals surface area (Å²) < 4.78 is 63.4. The van der Waals surface area contributed by atoms with Gasteiger partial charge in [-0.05, 0) is 42.8 Å². The van der Waals surface area contributed by atoms with Gasteiger partial charge in [0.1, 0.15) is 17.1 Å². The van der Waals surface area contributed by atoms with E-state index in [0.29, 0.717) is 24.5 Å². The van der Waals surface area contributed by atoms with E-state index in [1.807, 2.05) is 11.8 Å². The molecule has 1 fully saturated rings. The molecule has 0 atom stereocenters. The third-order valence-corrected chi connectivity index (χ3v) is 7.14. The van der Waals surface area contributed by atoms with E-state index in [0.717, 1.165) is 24.0 Å². The van der Waals surface area contributed by atoms with Crippen molar-refractivity contribution in [3.63, 3.8) is 0 Å². The predicted octanol–water partition coefficient (Wildman–Crippen LogP) is 2.26. The standard InChI is InChI=1S/C24H23F3N6O4S/c1-14-3-8-17(28-9-14)19-20(29-18(34)10-38(2,36)37)21-22(35)30-23(13-33(21)31-19)11-32(12-23)16-6-4-15(5-7-16)24(25,26)27/h3-9H,10-13H2,1-2H3,(H,29,34)(H,30,35). The van der Waals surface area contributed by atoms with Crippen LogP contribution in [-0.2, 0) is 27.4 Å². The molecule has 0 bridgehead atoms. The van der Waals surface area contributed by atoms with Crippen molar-refractivity contribution in [3.05, 3.63) is 59.4 Å². The van der Waals surface area contributed by atoms with Gasteiger partial charge in [0.2, 0.25) is 5.91 Å². The average molecular weight is 549 g/mol. The summed E-state index contributed by atoms with van der Waals surface area (Å²) in [5.74, 6) is -2.11. The fraction of sp³-hybridized carbons (Fsp3) is 0.333. The minimum atomic E-state index is -4.43. The molecule has 1 spiro atoms. The summed E-state index contributed by atoms with van der Waals surface area (Å²) in [6.07, 6.45) is -1.90. The Morgan fingerprint density at radius 1 is 1.13 bits per heavy atom. The Labute approximate surface area is 215 Å². The number of nitrogens with one attached hydrogen (secondary N) is 2. The van der Waals surface area contributed by atoms with Gasteiger partial charge < -0.3 is 15.5 Å². The summed E-state index contributed by atoms with van der Waals surface area (Å²) in [5.41, 5.74) is 0.708. The Bertz CT molecular complexity index is 1530. The molecule has 38 heavy (non-hydrogen) atoms.